The molecule has 1 atom stereocenters. The van der Waals surface area contributed by atoms with Crippen molar-refractivity contribution >= 4 is 11.9 Å². The second kappa shape index (κ2) is 7.94. The number of piperidine rings is 1. The van der Waals surface area contributed by atoms with E-state index < -0.39 is 11.8 Å². The van der Waals surface area contributed by atoms with Gasteiger partial charge in [-0.05, 0) is 42.9 Å². The normalized spacial score (nSPS) is 17.8. The molecule has 6 heteroatoms. The molecule has 1 aromatic carbocycles. The first-order valence-corrected chi connectivity index (χ1v) is 7.81. The van der Waals surface area contributed by atoms with Crippen LogP contribution in [0.25, 0.3) is 0 Å². The van der Waals surface area contributed by atoms with Gasteiger partial charge < -0.3 is 14.7 Å². The van der Waals surface area contributed by atoms with Crippen LogP contribution in [0.1, 0.15) is 31.2 Å². The highest BCUT2D eigenvalue weighted by molar-refractivity contribution is 5.79. The van der Waals surface area contributed by atoms with Crippen molar-refractivity contribution in [2.24, 2.45) is 5.92 Å². The van der Waals surface area contributed by atoms with E-state index in [1.54, 1.807) is 11.0 Å². The summed E-state index contributed by atoms with van der Waals surface area (Å²) in [5.41, 5.74) is 0.612. The Morgan fingerprint density at radius 2 is 2.22 bits per heavy atom. The Morgan fingerprint density at radius 1 is 1.43 bits per heavy atom. The van der Waals surface area contributed by atoms with Crippen LogP contribution in [-0.2, 0) is 16.0 Å². The van der Waals surface area contributed by atoms with E-state index in [9.17, 15) is 14.0 Å². The fourth-order valence-corrected chi connectivity index (χ4v) is 2.96. The zero-order valence-electron chi connectivity index (χ0n) is 13.3. The molecule has 2 rings (SSSR count). The summed E-state index contributed by atoms with van der Waals surface area (Å²) in [7, 11) is 1.40. The van der Waals surface area contributed by atoms with E-state index in [4.69, 9.17) is 9.84 Å². The molecule has 1 unspecified atom stereocenters. The first-order valence-electron chi connectivity index (χ1n) is 7.81. The number of nitrogens with zero attached hydrogens (tertiary/aromatic N) is 1. The van der Waals surface area contributed by atoms with Crippen LogP contribution in [0.5, 0.6) is 5.75 Å². The maximum Gasteiger partial charge on any atom is 0.303 e. The summed E-state index contributed by atoms with van der Waals surface area (Å²) in [6, 6.07) is 4.53. The summed E-state index contributed by atoms with van der Waals surface area (Å²) in [4.78, 5) is 24.8. The Labute approximate surface area is 135 Å². The number of ether oxygens (including phenoxy) is 1. The molecule has 1 saturated heterocycles. The highest BCUT2D eigenvalue weighted by Gasteiger charge is 2.24. The SMILES string of the molecule is COc1ccc(CC(=O)N2CCCC(CCC(=O)O)C2)cc1F. The van der Waals surface area contributed by atoms with Crippen molar-refractivity contribution in [3.63, 3.8) is 0 Å². The molecule has 1 amide bonds. The van der Waals surface area contributed by atoms with Crippen LogP contribution in [-0.4, -0.2) is 42.1 Å². The van der Waals surface area contributed by atoms with E-state index in [1.807, 2.05) is 0 Å². The lowest BCUT2D eigenvalue weighted by Crippen LogP contribution is -2.40. The molecule has 5 nitrogen and oxygen atoms in total. The number of carbonyl (C=O) groups excluding carboxylic acids is 1. The summed E-state index contributed by atoms with van der Waals surface area (Å²) in [6.45, 7) is 1.27. The molecule has 1 aliphatic heterocycles. The van der Waals surface area contributed by atoms with Crippen molar-refractivity contribution < 1.29 is 23.8 Å². The Hall–Kier alpha value is -2.11. The number of carboxylic acids is 1. The van der Waals surface area contributed by atoms with E-state index in [0.29, 0.717) is 25.1 Å². The largest absolute Gasteiger partial charge is 0.494 e. The van der Waals surface area contributed by atoms with Crippen LogP contribution in [0.2, 0.25) is 0 Å². The maximum atomic E-state index is 13.7. The summed E-state index contributed by atoms with van der Waals surface area (Å²) in [5.74, 6) is -0.933. The first kappa shape index (κ1) is 17.2. The highest BCUT2D eigenvalue weighted by atomic mass is 19.1. The van der Waals surface area contributed by atoms with Gasteiger partial charge in [-0.1, -0.05) is 6.07 Å². The number of benzene rings is 1. The van der Waals surface area contributed by atoms with Gasteiger partial charge in [-0.3, -0.25) is 9.59 Å². The Bertz CT molecular complexity index is 576. The first-order chi connectivity index (χ1) is 11.0. The smallest absolute Gasteiger partial charge is 0.303 e. The van der Waals surface area contributed by atoms with Gasteiger partial charge in [-0.25, -0.2) is 4.39 Å². The molecule has 0 aliphatic carbocycles. The van der Waals surface area contributed by atoms with Gasteiger partial charge in [-0.2, -0.15) is 0 Å². The van der Waals surface area contributed by atoms with Gasteiger partial charge in [0.1, 0.15) is 0 Å². The standard InChI is InChI=1S/C17H22FNO4/c1-23-15-6-4-13(9-14(15)18)10-16(20)19-8-2-3-12(11-19)5-7-17(21)22/h4,6,9,12H,2-3,5,7-8,10-11H2,1H3,(H,21,22). The molecular formula is C17H22FNO4. The Kier molecular flexibility index (Phi) is 5.96. The molecule has 0 bridgehead atoms. The summed E-state index contributed by atoms with van der Waals surface area (Å²) in [5, 5.41) is 8.76. The fourth-order valence-electron chi connectivity index (χ4n) is 2.96. The summed E-state index contributed by atoms with van der Waals surface area (Å²) >= 11 is 0. The molecule has 126 valence electrons. The second-order valence-electron chi connectivity index (χ2n) is 5.93. The van der Waals surface area contributed by atoms with Crippen LogP contribution in [0.15, 0.2) is 18.2 Å². The molecule has 0 spiro atoms. The molecular weight excluding hydrogens is 301 g/mol. The minimum absolute atomic E-state index is 0.0467. The van der Waals surface area contributed by atoms with Crippen LogP contribution < -0.4 is 4.74 Å². The number of methoxy groups -OCH3 is 1. The second-order valence-corrected chi connectivity index (χ2v) is 5.93. The Morgan fingerprint density at radius 3 is 2.87 bits per heavy atom. The number of halogens is 1. The van der Waals surface area contributed by atoms with Gasteiger partial charge in [0, 0.05) is 19.5 Å². The zero-order valence-corrected chi connectivity index (χ0v) is 13.3. The molecule has 1 heterocycles. The van der Waals surface area contributed by atoms with Crippen molar-refractivity contribution in [2.75, 3.05) is 20.2 Å². The van der Waals surface area contributed by atoms with Crippen molar-refractivity contribution in [3.8, 4) is 5.75 Å². The third-order valence-corrected chi connectivity index (χ3v) is 4.21. The summed E-state index contributed by atoms with van der Waals surface area (Å²) in [6.07, 6.45) is 2.71. The van der Waals surface area contributed by atoms with Crippen LogP contribution in [0, 0.1) is 11.7 Å². The van der Waals surface area contributed by atoms with Gasteiger partial charge in [0.05, 0.1) is 13.5 Å². The van der Waals surface area contributed by atoms with E-state index >= 15 is 0 Å². The number of hydrogen-bond acceptors (Lipinski definition) is 3. The van der Waals surface area contributed by atoms with E-state index in [2.05, 4.69) is 0 Å². The number of likely N-dealkylation sites (tertiary alicyclic amines) is 1. The van der Waals surface area contributed by atoms with Crippen LogP contribution >= 0.6 is 0 Å². The van der Waals surface area contributed by atoms with Gasteiger partial charge in [0.15, 0.2) is 11.6 Å². The predicted octanol–water partition coefficient (Wildman–Crippen LogP) is 2.48. The predicted molar refractivity (Wildman–Crippen MR) is 82.8 cm³/mol. The van der Waals surface area contributed by atoms with E-state index in [-0.39, 0.29) is 30.4 Å². The quantitative estimate of drug-likeness (QED) is 0.873. The Balaban J connectivity index is 1.92. The average Bonchev–Trinajstić information content (AvgIpc) is 2.53. The van der Waals surface area contributed by atoms with Crippen molar-refractivity contribution in [3.05, 3.63) is 29.6 Å². The third kappa shape index (κ3) is 4.94. The highest BCUT2D eigenvalue weighted by Crippen LogP contribution is 2.23. The molecule has 1 N–H and O–H groups in total. The van der Waals surface area contributed by atoms with Gasteiger partial charge in [0.25, 0.3) is 0 Å². The minimum atomic E-state index is -0.804. The fraction of sp³-hybridized carbons (Fsp3) is 0.529. The molecule has 23 heavy (non-hydrogen) atoms. The maximum absolute atomic E-state index is 13.7. The van der Waals surface area contributed by atoms with Gasteiger partial charge in [0.2, 0.25) is 5.91 Å². The van der Waals surface area contributed by atoms with Crippen molar-refractivity contribution in [2.45, 2.75) is 32.1 Å². The number of hydrogen-bond donors (Lipinski definition) is 1. The lowest BCUT2D eigenvalue weighted by atomic mass is 9.93. The number of carboxylic acid groups (broad SMARTS) is 1. The van der Waals surface area contributed by atoms with Crippen LogP contribution in [0.3, 0.4) is 0 Å². The van der Waals surface area contributed by atoms with Crippen molar-refractivity contribution in [1.29, 1.82) is 0 Å². The molecule has 0 aromatic heterocycles. The monoisotopic (exact) mass is 323 g/mol. The van der Waals surface area contributed by atoms with E-state index in [0.717, 1.165) is 12.8 Å². The molecule has 1 aliphatic rings. The number of amides is 1. The van der Waals surface area contributed by atoms with Crippen LogP contribution in [0.4, 0.5) is 4.39 Å². The van der Waals surface area contributed by atoms with Gasteiger partial charge >= 0.3 is 5.97 Å². The molecule has 0 saturated carbocycles. The van der Waals surface area contributed by atoms with Gasteiger partial charge in [-0.15, -0.1) is 0 Å². The summed E-state index contributed by atoms with van der Waals surface area (Å²) < 4.78 is 18.5. The lowest BCUT2D eigenvalue weighted by Gasteiger charge is -2.32. The minimum Gasteiger partial charge on any atom is -0.494 e. The molecule has 0 radical (unpaired) electrons. The molecule has 1 fully saturated rings. The molecule has 1 aromatic rings. The number of carbonyl (C=O) groups is 2. The topological polar surface area (TPSA) is 66.8 Å². The number of aliphatic carboxylic acids is 1. The van der Waals surface area contributed by atoms with E-state index in [1.165, 1.54) is 19.2 Å². The van der Waals surface area contributed by atoms with Crippen molar-refractivity contribution in [1.82, 2.24) is 4.90 Å². The average molecular weight is 323 g/mol. The number of rotatable bonds is 6. The lowest BCUT2D eigenvalue weighted by molar-refractivity contribution is -0.137. The zero-order chi connectivity index (χ0) is 16.8. The third-order valence-electron chi connectivity index (χ3n) is 4.21.